The summed E-state index contributed by atoms with van der Waals surface area (Å²) in [5.74, 6) is -0.521. The Kier molecular flexibility index (Phi) is 4.72. The third-order valence-corrected chi connectivity index (χ3v) is 4.47. The van der Waals surface area contributed by atoms with Gasteiger partial charge in [0.1, 0.15) is 0 Å². The zero-order valence-corrected chi connectivity index (χ0v) is 14.3. The normalized spacial score (nSPS) is 12.0. The van der Waals surface area contributed by atoms with E-state index >= 15 is 0 Å². The molecule has 0 saturated carbocycles. The molecule has 0 bridgehead atoms. The molecule has 0 saturated heterocycles. The van der Waals surface area contributed by atoms with Crippen molar-refractivity contribution in [2.45, 2.75) is 13.5 Å². The lowest BCUT2D eigenvalue weighted by atomic mass is 10.3. The molecule has 1 aromatic carbocycles. The highest BCUT2D eigenvalue weighted by Crippen LogP contribution is 2.23. The molecule has 10 heteroatoms. The summed E-state index contributed by atoms with van der Waals surface area (Å²) in [7, 11) is 1.57. The van der Waals surface area contributed by atoms with Crippen LogP contribution in [-0.2, 0) is 11.3 Å². The third-order valence-electron chi connectivity index (χ3n) is 3.43. The Morgan fingerprint density at radius 2 is 2.28 bits per heavy atom. The van der Waals surface area contributed by atoms with Gasteiger partial charge in [0.2, 0.25) is 5.76 Å². The zero-order chi connectivity index (χ0) is 18.0. The van der Waals surface area contributed by atoms with Gasteiger partial charge in [0, 0.05) is 31.9 Å². The smallest absolute Gasteiger partial charge is 0.318 e. The number of hydrogen-bond donors (Lipinski definition) is 0. The van der Waals surface area contributed by atoms with Crippen LogP contribution in [0.1, 0.15) is 16.2 Å². The maximum Gasteiger partial charge on any atom is 0.318 e. The number of fused-ring (bicyclic) bond motifs is 1. The minimum atomic E-state index is -0.562. The van der Waals surface area contributed by atoms with E-state index in [0.29, 0.717) is 28.3 Å². The monoisotopic (exact) mass is 362 g/mol. The predicted molar refractivity (Wildman–Crippen MR) is 89.5 cm³/mol. The number of nitro groups is 1. The van der Waals surface area contributed by atoms with E-state index in [1.807, 2.05) is 0 Å². The molecule has 25 heavy (non-hydrogen) atoms. The lowest BCUT2D eigenvalue weighted by molar-refractivity contribution is -0.384. The number of benzene rings is 1. The van der Waals surface area contributed by atoms with E-state index < -0.39 is 10.8 Å². The molecular weight excluding hydrogens is 348 g/mol. The van der Waals surface area contributed by atoms with Crippen LogP contribution in [0, 0.1) is 17.0 Å². The zero-order valence-electron chi connectivity index (χ0n) is 13.5. The summed E-state index contributed by atoms with van der Waals surface area (Å²) in [4.78, 5) is 27.3. The Hall–Kier alpha value is -2.85. The molecule has 0 aliphatic heterocycles. The number of nitrogens with zero attached hydrogens (tertiary/aromatic N) is 4. The number of hydrogen-bond acceptors (Lipinski definition) is 7. The van der Waals surface area contributed by atoms with Crippen LogP contribution >= 0.6 is 11.3 Å². The fourth-order valence-corrected chi connectivity index (χ4v) is 3.35. The maximum absolute atomic E-state index is 12.3. The van der Waals surface area contributed by atoms with Gasteiger partial charge in [-0.15, -0.1) is 0 Å². The molecule has 0 fully saturated rings. The van der Waals surface area contributed by atoms with Gasteiger partial charge < -0.3 is 13.8 Å². The van der Waals surface area contributed by atoms with Gasteiger partial charge in [-0.3, -0.25) is 14.9 Å². The number of aromatic nitrogens is 2. The molecule has 3 aromatic rings. The largest absolute Gasteiger partial charge is 0.383 e. The van der Waals surface area contributed by atoms with Crippen molar-refractivity contribution >= 4 is 33.1 Å². The van der Waals surface area contributed by atoms with Crippen molar-refractivity contribution in [1.29, 1.82) is 0 Å². The second kappa shape index (κ2) is 6.95. The Labute approximate surface area is 145 Å². The van der Waals surface area contributed by atoms with Crippen LogP contribution in [0.4, 0.5) is 5.69 Å². The van der Waals surface area contributed by atoms with Crippen LogP contribution in [0.5, 0.6) is 0 Å². The first-order chi connectivity index (χ1) is 12.0. The molecule has 9 nitrogen and oxygen atoms in total. The van der Waals surface area contributed by atoms with E-state index in [0.717, 1.165) is 5.52 Å². The Bertz CT molecular complexity index is 1020. The van der Waals surface area contributed by atoms with E-state index in [1.165, 1.54) is 29.5 Å². The van der Waals surface area contributed by atoms with Crippen LogP contribution in [0.2, 0.25) is 0 Å². The first kappa shape index (κ1) is 17.0. The first-order valence-corrected chi connectivity index (χ1v) is 8.10. The third kappa shape index (κ3) is 3.49. The summed E-state index contributed by atoms with van der Waals surface area (Å²) in [6, 6.07) is 6.03. The number of aryl methyl sites for hydroxylation is 1. The lowest BCUT2D eigenvalue weighted by Crippen LogP contribution is -2.19. The van der Waals surface area contributed by atoms with Crippen molar-refractivity contribution < 1.29 is 19.0 Å². The molecule has 0 atom stereocenters. The number of carbonyl (C=O) groups is 1. The second-order valence-electron chi connectivity index (χ2n) is 5.19. The molecule has 1 amide bonds. The summed E-state index contributed by atoms with van der Waals surface area (Å²) < 4.78 is 12.5. The van der Waals surface area contributed by atoms with E-state index in [-0.39, 0.29) is 11.4 Å². The number of thiazole rings is 1. The molecule has 130 valence electrons. The van der Waals surface area contributed by atoms with Gasteiger partial charge in [-0.05, 0) is 13.0 Å². The average molecular weight is 362 g/mol. The lowest BCUT2D eigenvalue weighted by Gasteiger charge is -2.03. The molecule has 0 radical (unpaired) electrons. The highest BCUT2D eigenvalue weighted by Gasteiger charge is 2.15. The molecule has 2 aromatic heterocycles. The Morgan fingerprint density at radius 1 is 1.48 bits per heavy atom. The maximum atomic E-state index is 12.3. The van der Waals surface area contributed by atoms with E-state index in [2.05, 4.69) is 10.1 Å². The van der Waals surface area contributed by atoms with E-state index in [9.17, 15) is 14.9 Å². The standard InChI is InChI=1S/C15H14N4O5S/c1-9-7-12(24-17-9)14(20)16-15-18(5-6-23-2)11-4-3-10(19(21)22)8-13(11)25-15/h3-4,7-8H,5-6H2,1-2H3. The van der Waals surface area contributed by atoms with Crippen LogP contribution in [0.25, 0.3) is 10.2 Å². The van der Waals surface area contributed by atoms with E-state index in [4.69, 9.17) is 9.26 Å². The average Bonchev–Trinajstić information content (AvgIpc) is 3.15. The van der Waals surface area contributed by atoms with Crippen LogP contribution in [-0.4, -0.2) is 34.3 Å². The quantitative estimate of drug-likeness (QED) is 0.508. The number of methoxy groups -OCH3 is 1. The number of ether oxygens (including phenoxy) is 1. The highest BCUT2D eigenvalue weighted by atomic mass is 32.1. The van der Waals surface area contributed by atoms with Gasteiger partial charge in [0.25, 0.3) is 5.69 Å². The fraction of sp³-hybridized carbons (Fsp3) is 0.267. The topological polar surface area (TPSA) is 113 Å². The van der Waals surface area contributed by atoms with E-state index in [1.54, 1.807) is 24.7 Å². The van der Waals surface area contributed by atoms with Gasteiger partial charge in [-0.1, -0.05) is 16.5 Å². The summed E-state index contributed by atoms with van der Waals surface area (Å²) >= 11 is 1.19. The highest BCUT2D eigenvalue weighted by molar-refractivity contribution is 7.16. The SMILES string of the molecule is COCCn1c(=NC(=O)c2cc(C)no2)sc2cc([N+](=O)[O-])ccc21. The number of amides is 1. The number of non-ortho nitro benzene ring substituents is 1. The number of rotatable bonds is 5. The minimum absolute atomic E-state index is 0.0172. The number of nitro benzene ring substituents is 1. The molecular formula is C15H14N4O5S. The van der Waals surface area contributed by atoms with Gasteiger partial charge in [-0.2, -0.15) is 4.99 Å². The summed E-state index contributed by atoms with van der Waals surface area (Å²) in [6.07, 6.45) is 0. The van der Waals surface area contributed by atoms with Crippen LogP contribution < -0.4 is 4.80 Å². The Balaban J connectivity index is 2.12. The second-order valence-corrected chi connectivity index (χ2v) is 6.20. The minimum Gasteiger partial charge on any atom is -0.383 e. The summed E-state index contributed by atoms with van der Waals surface area (Å²) in [5, 5.41) is 14.6. The molecule has 0 aliphatic carbocycles. The fourth-order valence-electron chi connectivity index (χ4n) is 2.27. The van der Waals surface area contributed by atoms with Gasteiger partial charge in [0.05, 0.1) is 27.4 Å². The van der Waals surface area contributed by atoms with Gasteiger partial charge >= 0.3 is 5.91 Å². The van der Waals surface area contributed by atoms with Crippen molar-refractivity contribution in [1.82, 2.24) is 9.72 Å². The summed E-state index contributed by atoms with van der Waals surface area (Å²) in [6.45, 7) is 2.57. The molecule has 2 heterocycles. The van der Waals surface area contributed by atoms with Crippen molar-refractivity contribution in [2.24, 2.45) is 4.99 Å². The van der Waals surface area contributed by atoms with Gasteiger partial charge in [-0.25, -0.2) is 0 Å². The van der Waals surface area contributed by atoms with Gasteiger partial charge in [0.15, 0.2) is 4.80 Å². The molecule has 3 rings (SSSR count). The number of carbonyl (C=O) groups excluding carboxylic acids is 1. The molecule has 0 unspecified atom stereocenters. The molecule has 0 N–H and O–H groups in total. The van der Waals surface area contributed by atoms with Crippen molar-refractivity contribution in [3.05, 3.63) is 50.6 Å². The predicted octanol–water partition coefficient (Wildman–Crippen LogP) is 2.29. The Morgan fingerprint density at radius 3 is 2.92 bits per heavy atom. The molecule has 0 aliphatic rings. The van der Waals surface area contributed by atoms with Crippen molar-refractivity contribution in [3.63, 3.8) is 0 Å². The van der Waals surface area contributed by atoms with Crippen molar-refractivity contribution in [2.75, 3.05) is 13.7 Å². The summed E-state index contributed by atoms with van der Waals surface area (Å²) in [5.41, 5.74) is 1.31. The first-order valence-electron chi connectivity index (χ1n) is 7.28. The van der Waals surface area contributed by atoms with Crippen molar-refractivity contribution in [3.8, 4) is 0 Å². The van der Waals surface area contributed by atoms with Crippen LogP contribution in [0.3, 0.4) is 0 Å². The van der Waals surface area contributed by atoms with Crippen LogP contribution in [0.15, 0.2) is 33.8 Å². The molecule has 0 spiro atoms.